The molecular weight excluding hydrogens is 354 g/mol. The minimum atomic E-state index is -0.167. The van der Waals surface area contributed by atoms with Gasteiger partial charge in [-0.2, -0.15) is 4.68 Å². The summed E-state index contributed by atoms with van der Waals surface area (Å²) < 4.78 is 1.42. The number of aromatic nitrogens is 3. The van der Waals surface area contributed by atoms with Gasteiger partial charge in [-0.1, -0.05) is 17.7 Å². The van der Waals surface area contributed by atoms with Crippen molar-refractivity contribution in [2.75, 3.05) is 31.1 Å². The lowest BCUT2D eigenvalue weighted by molar-refractivity contribution is 0.0746. The van der Waals surface area contributed by atoms with E-state index in [0.29, 0.717) is 31.7 Å². The van der Waals surface area contributed by atoms with Crippen molar-refractivity contribution in [3.8, 4) is 5.69 Å². The lowest BCUT2D eigenvalue weighted by Crippen LogP contribution is -2.49. The Kier molecular flexibility index (Phi) is 4.89. The average Bonchev–Trinajstić information content (AvgIpc) is 2.75. The molecule has 0 spiro atoms. The maximum Gasteiger partial charge on any atom is 0.271 e. The van der Waals surface area contributed by atoms with Crippen LogP contribution in [0.5, 0.6) is 0 Å². The lowest BCUT2D eigenvalue weighted by atomic mass is 10.2. The summed E-state index contributed by atoms with van der Waals surface area (Å²) in [5, 5.41) is 4.54. The largest absolute Gasteiger partial charge is 0.352 e. The van der Waals surface area contributed by atoms with Crippen molar-refractivity contribution in [3.63, 3.8) is 0 Å². The summed E-state index contributed by atoms with van der Waals surface area (Å²) in [5.74, 6) is 0.746. The van der Waals surface area contributed by atoms with Gasteiger partial charge in [-0.3, -0.25) is 14.6 Å². The van der Waals surface area contributed by atoms with Gasteiger partial charge in [0.05, 0.1) is 5.69 Å². The Balaban J connectivity index is 1.49. The van der Waals surface area contributed by atoms with E-state index < -0.39 is 0 Å². The lowest BCUT2D eigenvalue weighted by Gasteiger charge is -2.35. The number of benzene rings is 1. The van der Waals surface area contributed by atoms with E-state index in [1.165, 1.54) is 10.7 Å². The molecule has 3 heterocycles. The molecule has 7 heteroatoms. The highest BCUT2D eigenvalue weighted by atomic mass is 16.2. The number of aryl methyl sites for hydroxylation is 1. The fourth-order valence-electron chi connectivity index (χ4n) is 3.26. The SMILES string of the molecule is Cc1ccc(-n2nc(N3CCN(C(=O)c4ccncc4)CC3)ccc2=O)cc1. The molecule has 0 N–H and O–H groups in total. The summed E-state index contributed by atoms with van der Waals surface area (Å²) >= 11 is 0. The maximum atomic E-state index is 12.6. The number of piperazine rings is 1. The Morgan fingerprint density at radius 2 is 1.57 bits per heavy atom. The molecule has 0 aliphatic carbocycles. The molecule has 0 saturated carbocycles. The zero-order valence-corrected chi connectivity index (χ0v) is 15.7. The predicted molar refractivity (Wildman–Crippen MR) is 107 cm³/mol. The first-order chi connectivity index (χ1) is 13.6. The zero-order valence-electron chi connectivity index (χ0n) is 15.7. The van der Waals surface area contributed by atoms with Crippen molar-refractivity contribution in [2.45, 2.75) is 6.92 Å². The first-order valence-electron chi connectivity index (χ1n) is 9.23. The Morgan fingerprint density at radius 3 is 2.25 bits per heavy atom. The molecule has 1 aliphatic heterocycles. The molecule has 1 saturated heterocycles. The summed E-state index contributed by atoms with van der Waals surface area (Å²) in [6.07, 6.45) is 3.25. The molecule has 0 unspecified atom stereocenters. The summed E-state index contributed by atoms with van der Waals surface area (Å²) in [4.78, 5) is 32.7. The minimum absolute atomic E-state index is 0.0136. The second kappa shape index (κ2) is 7.64. The number of amides is 1. The highest BCUT2D eigenvalue weighted by molar-refractivity contribution is 5.94. The molecule has 1 aliphatic rings. The second-order valence-electron chi connectivity index (χ2n) is 6.79. The molecule has 7 nitrogen and oxygen atoms in total. The number of carbonyl (C=O) groups is 1. The molecule has 1 amide bonds. The quantitative estimate of drug-likeness (QED) is 0.699. The van der Waals surface area contributed by atoms with Crippen LogP contribution in [0.2, 0.25) is 0 Å². The molecular formula is C21H21N5O2. The number of hydrogen-bond acceptors (Lipinski definition) is 5. The molecule has 1 aromatic carbocycles. The fraction of sp³-hybridized carbons (Fsp3) is 0.238. The Morgan fingerprint density at radius 1 is 0.893 bits per heavy atom. The summed E-state index contributed by atoms with van der Waals surface area (Å²) in [7, 11) is 0. The molecule has 2 aromatic heterocycles. The van der Waals surface area contributed by atoms with Crippen LogP contribution >= 0.6 is 0 Å². The van der Waals surface area contributed by atoms with Gasteiger partial charge in [-0.05, 0) is 37.3 Å². The third-order valence-corrected chi connectivity index (χ3v) is 4.88. The van der Waals surface area contributed by atoms with Gasteiger partial charge < -0.3 is 9.80 Å². The number of hydrogen-bond donors (Lipinski definition) is 0. The van der Waals surface area contributed by atoms with E-state index in [-0.39, 0.29) is 11.5 Å². The van der Waals surface area contributed by atoms with Gasteiger partial charge in [0.1, 0.15) is 5.82 Å². The van der Waals surface area contributed by atoms with Crippen molar-refractivity contribution in [1.82, 2.24) is 19.7 Å². The normalized spacial score (nSPS) is 14.2. The molecule has 4 rings (SSSR count). The van der Waals surface area contributed by atoms with Crippen LogP contribution < -0.4 is 10.5 Å². The second-order valence-corrected chi connectivity index (χ2v) is 6.79. The zero-order chi connectivity index (χ0) is 19.5. The van der Waals surface area contributed by atoms with E-state index >= 15 is 0 Å². The molecule has 28 heavy (non-hydrogen) atoms. The first kappa shape index (κ1) is 17.9. The summed E-state index contributed by atoms with van der Waals surface area (Å²) in [5.41, 5.74) is 2.35. The summed E-state index contributed by atoms with van der Waals surface area (Å²) in [6.45, 7) is 4.54. The third-order valence-electron chi connectivity index (χ3n) is 4.88. The van der Waals surface area contributed by atoms with Crippen molar-refractivity contribution in [2.24, 2.45) is 0 Å². The highest BCUT2D eigenvalue weighted by Gasteiger charge is 2.23. The highest BCUT2D eigenvalue weighted by Crippen LogP contribution is 2.15. The molecule has 1 fully saturated rings. The van der Waals surface area contributed by atoms with Gasteiger partial charge >= 0.3 is 0 Å². The molecule has 0 radical (unpaired) electrons. The predicted octanol–water partition coefficient (Wildman–Crippen LogP) is 1.90. The van der Waals surface area contributed by atoms with Crippen molar-refractivity contribution >= 4 is 11.7 Å². The van der Waals surface area contributed by atoms with Gasteiger partial charge in [0.25, 0.3) is 11.5 Å². The monoisotopic (exact) mass is 375 g/mol. The van der Waals surface area contributed by atoms with E-state index in [1.807, 2.05) is 36.1 Å². The van der Waals surface area contributed by atoms with E-state index in [0.717, 1.165) is 17.1 Å². The summed E-state index contributed by atoms with van der Waals surface area (Å²) in [6, 6.07) is 14.4. The average molecular weight is 375 g/mol. The number of carbonyl (C=O) groups excluding carboxylic acids is 1. The molecule has 0 atom stereocenters. The fourth-order valence-corrected chi connectivity index (χ4v) is 3.26. The smallest absolute Gasteiger partial charge is 0.271 e. The van der Waals surface area contributed by atoms with Gasteiger partial charge in [0.2, 0.25) is 0 Å². The Bertz CT molecular complexity index is 1020. The Labute approximate surface area is 162 Å². The number of rotatable bonds is 3. The minimum Gasteiger partial charge on any atom is -0.352 e. The molecule has 142 valence electrons. The van der Waals surface area contributed by atoms with Crippen LogP contribution in [0.25, 0.3) is 5.69 Å². The van der Waals surface area contributed by atoms with Crippen LogP contribution in [0, 0.1) is 6.92 Å². The van der Waals surface area contributed by atoms with Gasteiger partial charge in [-0.15, -0.1) is 5.10 Å². The first-order valence-corrected chi connectivity index (χ1v) is 9.23. The van der Waals surface area contributed by atoms with E-state index in [1.54, 1.807) is 30.6 Å². The molecule has 0 bridgehead atoms. The standard InChI is InChI=1S/C21H21N5O2/c1-16-2-4-18(5-3-16)26-20(27)7-6-19(23-26)24-12-14-25(15-13-24)21(28)17-8-10-22-11-9-17/h2-11H,12-15H2,1H3. The van der Waals surface area contributed by atoms with E-state index in [9.17, 15) is 9.59 Å². The van der Waals surface area contributed by atoms with Crippen LogP contribution in [0.4, 0.5) is 5.82 Å². The van der Waals surface area contributed by atoms with Crippen LogP contribution in [-0.2, 0) is 0 Å². The van der Waals surface area contributed by atoms with Crippen LogP contribution in [0.15, 0.2) is 65.7 Å². The maximum absolute atomic E-state index is 12.6. The van der Waals surface area contributed by atoms with Crippen molar-refractivity contribution in [3.05, 3.63) is 82.4 Å². The van der Waals surface area contributed by atoms with Crippen LogP contribution in [-0.4, -0.2) is 51.8 Å². The number of nitrogens with zero attached hydrogens (tertiary/aromatic N) is 5. The Hall–Kier alpha value is -3.48. The third kappa shape index (κ3) is 3.64. The van der Waals surface area contributed by atoms with Crippen LogP contribution in [0.3, 0.4) is 0 Å². The van der Waals surface area contributed by atoms with E-state index in [2.05, 4.69) is 15.0 Å². The molecule has 3 aromatic rings. The van der Waals surface area contributed by atoms with Crippen LogP contribution in [0.1, 0.15) is 15.9 Å². The van der Waals surface area contributed by atoms with Gasteiger partial charge in [0, 0.05) is 50.2 Å². The number of pyridine rings is 1. The van der Waals surface area contributed by atoms with Crippen molar-refractivity contribution in [1.29, 1.82) is 0 Å². The van der Waals surface area contributed by atoms with Crippen molar-refractivity contribution < 1.29 is 4.79 Å². The van der Waals surface area contributed by atoms with Gasteiger partial charge in [-0.25, -0.2) is 0 Å². The number of anilines is 1. The van der Waals surface area contributed by atoms with Gasteiger partial charge in [0.15, 0.2) is 0 Å². The van der Waals surface area contributed by atoms with E-state index in [4.69, 9.17) is 0 Å². The topological polar surface area (TPSA) is 71.3 Å².